The van der Waals surface area contributed by atoms with E-state index >= 15 is 0 Å². The second-order valence-electron chi connectivity index (χ2n) is 9.85. The number of carbonyl (C=O) groups is 4. The zero-order valence-electron chi connectivity index (χ0n) is 22.4. The first kappa shape index (κ1) is 30.5. The molecule has 1 atom stereocenters. The summed E-state index contributed by atoms with van der Waals surface area (Å²) in [4.78, 5) is 48.2. The SMILES string of the molecule is CC(C)(C)OC(=O)Nc1ccc(C(=O)Oc2ccc(CC(NC(=O)/C=C/c3cccc(F)c3)C(=O)O)cc2F)cc1. The molecule has 2 amide bonds. The molecule has 0 aromatic heterocycles. The van der Waals surface area contributed by atoms with Crippen LogP contribution < -0.4 is 15.4 Å². The smallest absolute Gasteiger partial charge is 0.412 e. The molecule has 0 aliphatic carbocycles. The predicted molar refractivity (Wildman–Crippen MR) is 146 cm³/mol. The van der Waals surface area contributed by atoms with E-state index in [0.717, 1.165) is 12.1 Å². The largest absolute Gasteiger partial charge is 0.480 e. The van der Waals surface area contributed by atoms with Gasteiger partial charge in [-0.25, -0.2) is 23.2 Å². The minimum atomic E-state index is -1.39. The summed E-state index contributed by atoms with van der Waals surface area (Å²) in [5, 5.41) is 14.3. The van der Waals surface area contributed by atoms with E-state index in [0.29, 0.717) is 11.3 Å². The summed E-state index contributed by atoms with van der Waals surface area (Å²) in [6.07, 6.45) is 1.46. The average Bonchev–Trinajstić information content (AvgIpc) is 2.88. The molecule has 0 fully saturated rings. The number of halogens is 2. The Bertz CT molecular complexity index is 1460. The van der Waals surface area contributed by atoms with Crippen LogP contribution in [0, 0.1) is 11.6 Å². The van der Waals surface area contributed by atoms with Gasteiger partial charge in [0.1, 0.15) is 17.5 Å². The van der Waals surface area contributed by atoms with Crippen molar-refractivity contribution in [3.63, 3.8) is 0 Å². The number of nitrogens with one attached hydrogen (secondary N) is 2. The Labute approximate surface area is 234 Å². The summed E-state index contributed by atoms with van der Waals surface area (Å²) in [6.45, 7) is 5.16. The molecule has 11 heteroatoms. The number of ether oxygens (including phenoxy) is 2. The molecule has 214 valence electrons. The number of carboxylic acid groups (broad SMARTS) is 1. The number of anilines is 1. The summed E-state index contributed by atoms with van der Waals surface area (Å²) in [7, 11) is 0. The normalized spacial score (nSPS) is 11.9. The lowest BCUT2D eigenvalue weighted by Gasteiger charge is -2.19. The van der Waals surface area contributed by atoms with Gasteiger partial charge in [0.05, 0.1) is 5.56 Å². The molecular formula is C30H28F2N2O7. The Hall–Kier alpha value is -5.06. The summed E-state index contributed by atoms with van der Waals surface area (Å²) in [5.41, 5.74) is 0.409. The molecular weight excluding hydrogens is 538 g/mol. The van der Waals surface area contributed by atoms with Crippen LogP contribution >= 0.6 is 0 Å². The third-order valence-electron chi connectivity index (χ3n) is 5.30. The van der Waals surface area contributed by atoms with Gasteiger partial charge in [0.2, 0.25) is 5.91 Å². The van der Waals surface area contributed by atoms with Crippen LogP contribution in [0.2, 0.25) is 0 Å². The van der Waals surface area contributed by atoms with Gasteiger partial charge in [0.15, 0.2) is 11.6 Å². The quantitative estimate of drug-likeness (QED) is 0.181. The fraction of sp³-hybridized carbons (Fsp3) is 0.200. The van der Waals surface area contributed by atoms with E-state index in [1.54, 1.807) is 26.8 Å². The summed E-state index contributed by atoms with van der Waals surface area (Å²) in [5.74, 6) is -4.74. The van der Waals surface area contributed by atoms with E-state index in [1.165, 1.54) is 60.7 Å². The first-order valence-corrected chi connectivity index (χ1v) is 12.4. The van der Waals surface area contributed by atoms with E-state index < -0.39 is 47.2 Å². The minimum absolute atomic E-state index is 0.0863. The highest BCUT2D eigenvalue weighted by atomic mass is 19.1. The third kappa shape index (κ3) is 9.88. The van der Waals surface area contributed by atoms with E-state index in [1.807, 2.05) is 0 Å². The molecule has 0 bridgehead atoms. The maximum absolute atomic E-state index is 14.7. The Morgan fingerprint density at radius 1 is 0.976 bits per heavy atom. The Morgan fingerprint density at radius 3 is 2.29 bits per heavy atom. The number of esters is 1. The topological polar surface area (TPSA) is 131 Å². The predicted octanol–water partition coefficient (Wildman–Crippen LogP) is 5.36. The van der Waals surface area contributed by atoms with E-state index in [9.17, 15) is 33.1 Å². The van der Waals surface area contributed by atoms with Gasteiger partial charge in [-0.05, 0) is 86.5 Å². The molecule has 0 radical (unpaired) electrons. The maximum Gasteiger partial charge on any atom is 0.412 e. The lowest BCUT2D eigenvalue weighted by Crippen LogP contribution is -2.41. The van der Waals surface area contributed by atoms with Gasteiger partial charge in [0, 0.05) is 18.2 Å². The van der Waals surface area contributed by atoms with Gasteiger partial charge >= 0.3 is 18.0 Å². The lowest BCUT2D eigenvalue weighted by atomic mass is 10.1. The number of amides is 2. The molecule has 0 saturated carbocycles. The van der Waals surface area contributed by atoms with Gasteiger partial charge in [-0.15, -0.1) is 0 Å². The first-order chi connectivity index (χ1) is 19.3. The van der Waals surface area contributed by atoms with Crippen LogP contribution in [-0.2, 0) is 20.7 Å². The molecule has 0 aliphatic heterocycles. The number of carboxylic acids is 1. The van der Waals surface area contributed by atoms with Crippen molar-refractivity contribution in [2.75, 3.05) is 5.32 Å². The zero-order chi connectivity index (χ0) is 30.2. The van der Waals surface area contributed by atoms with Crippen LogP contribution in [0.1, 0.15) is 42.3 Å². The van der Waals surface area contributed by atoms with Crippen LogP contribution in [-0.4, -0.2) is 40.7 Å². The number of rotatable bonds is 9. The molecule has 41 heavy (non-hydrogen) atoms. The molecule has 0 spiro atoms. The van der Waals surface area contributed by atoms with Crippen LogP contribution in [0.4, 0.5) is 19.3 Å². The van der Waals surface area contributed by atoms with Crippen LogP contribution in [0.25, 0.3) is 6.08 Å². The van der Waals surface area contributed by atoms with Crippen molar-refractivity contribution in [2.24, 2.45) is 0 Å². The highest BCUT2D eigenvalue weighted by molar-refractivity contribution is 5.94. The second-order valence-corrected chi connectivity index (χ2v) is 9.85. The maximum atomic E-state index is 14.7. The molecule has 0 saturated heterocycles. The second kappa shape index (κ2) is 13.3. The van der Waals surface area contributed by atoms with Crippen LogP contribution in [0.3, 0.4) is 0 Å². The van der Waals surface area contributed by atoms with Gasteiger partial charge in [-0.1, -0.05) is 18.2 Å². The van der Waals surface area contributed by atoms with Gasteiger partial charge < -0.3 is 19.9 Å². The average molecular weight is 567 g/mol. The highest BCUT2D eigenvalue weighted by Gasteiger charge is 2.21. The minimum Gasteiger partial charge on any atom is -0.480 e. The van der Waals surface area contributed by atoms with Gasteiger partial charge in [-0.2, -0.15) is 0 Å². The number of aliphatic carboxylic acids is 1. The fourth-order valence-corrected chi connectivity index (χ4v) is 3.46. The van der Waals surface area contributed by atoms with Crippen molar-refractivity contribution in [3.8, 4) is 5.75 Å². The summed E-state index contributed by atoms with van der Waals surface area (Å²) in [6, 6.07) is 13.3. The zero-order valence-corrected chi connectivity index (χ0v) is 22.4. The third-order valence-corrected chi connectivity index (χ3v) is 5.30. The summed E-state index contributed by atoms with van der Waals surface area (Å²) >= 11 is 0. The van der Waals surface area contributed by atoms with Crippen molar-refractivity contribution in [3.05, 3.63) is 101 Å². The molecule has 3 aromatic carbocycles. The molecule has 0 heterocycles. The first-order valence-electron chi connectivity index (χ1n) is 12.4. The van der Waals surface area contributed by atoms with Gasteiger partial charge in [0.25, 0.3) is 0 Å². The Balaban J connectivity index is 1.59. The van der Waals surface area contributed by atoms with Crippen LogP contribution in [0.5, 0.6) is 5.75 Å². The van der Waals surface area contributed by atoms with Crippen molar-refractivity contribution >= 4 is 35.7 Å². The molecule has 3 aromatic rings. The van der Waals surface area contributed by atoms with Crippen LogP contribution in [0.15, 0.2) is 72.8 Å². The van der Waals surface area contributed by atoms with Crippen molar-refractivity contribution < 1.29 is 42.5 Å². The molecule has 9 nitrogen and oxygen atoms in total. The van der Waals surface area contributed by atoms with Crippen molar-refractivity contribution in [1.82, 2.24) is 5.32 Å². The summed E-state index contributed by atoms with van der Waals surface area (Å²) < 4.78 is 38.3. The van der Waals surface area contributed by atoms with E-state index in [-0.39, 0.29) is 23.3 Å². The molecule has 0 aliphatic rings. The molecule has 3 N–H and O–H groups in total. The number of hydrogen-bond donors (Lipinski definition) is 3. The molecule has 3 rings (SSSR count). The Kier molecular flexibility index (Phi) is 9.91. The standard InChI is InChI=1S/C30H28F2N2O7/c1-30(2,3)41-29(39)33-22-11-9-20(10-12-22)28(38)40-25-13-7-19(16-23(25)32)17-24(27(36)37)34-26(35)14-8-18-5-4-6-21(31)15-18/h4-16,24H,17H2,1-3H3,(H,33,39)(H,34,35)(H,36,37)/b14-8+. The lowest BCUT2D eigenvalue weighted by molar-refractivity contribution is -0.141. The number of hydrogen-bond acceptors (Lipinski definition) is 6. The van der Waals surface area contributed by atoms with Gasteiger partial charge in [-0.3, -0.25) is 10.1 Å². The van der Waals surface area contributed by atoms with Crippen molar-refractivity contribution in [1.29, 1.82) is 0 Å². The highest BCUT2D eigenvalue weighted by Crippen LogP contribution is 2.21. The molecule has 1 unspecified atom stereocenters. The van der Waals surface area contributed by atoms with Crippen molar-refractivity contribution in [2.45, 2.75) is 38.8 Å². The Morgan fingerprint density at radius 2 is 1.68 bits per heavy atom. The number of benzene rings is 3. The monoisotopic (exact) mass is 566 g/mol. The van der Waals surface area contributed by atoms with E-state index in [4.69, 9.17) is 9.47 Å². The van der Waals surface area contributed by atoms with E-state index in [2.05, 4.69) is 10.6 Å². The fourth-order valence-electron chi connectivity index (χ4n) is 3.46. The number of carbonyl (C=O) groups excluding carboxylic acids is 3.